The van der Waals surface area contributed by atoms with E-state index in [1.165, 1.54) is 0 Å². The number of thioether (sulfide) groups is 1. The number of hydrogen-bond donors (Lipinski definition) is 1. The molecule has 1 aromatic rings. The van der Waals surface area contributed by atoms with Crippen LogP contribution in [0.4, 0.5) is 4.39 Å². The molecule has 5 nitrogen and oxygen atoms in total. The normalized spacial score (nSPS) is 26.0. The second-order valence-electron chi connectivity index (χ2n) is 6.42. The van der Waals surface area contributed by atoms with Crippen LogP contribution < -0.4 is 4.72 Å². The SMILES string of the molecule is CSC1CC2CCC(C1)N2C(=O)CNS(=O)(=O)c1ccc(F)c(Cl)c1. The minimum Gasteiger partial charge on any atom is -0.336 e. The van der Waals surface area contributed by atoms with E-state index >= 15 is 0 Å². The Morgan fingerprint density at radius 2 is 2.00 bits per heavy atom. The number of nitrogens with zero attached hydrogens (tertiary/aromatic N) is 1. The van der Waals surface area contributed by atoms with Crippen molar-refractivity contribution in [2.24, 2.45) is 0 Å². The Hall–Kier alpha value is -0.830. The monoisotopic (exact) mass is 406 g/mol. The van der Waals surface area contributed by atoms with E-state index in [1.807, 2.05) is 16.7 Å². The lowest BCUT2D eigenvalue weighted by Gasteiger charge is -2.38. The van der Waals surface area contributed by atoms with Gasteiger partial charge in [0, 0.05) is 17.3 Å². The smallest absolute Gasteiger partial charge is 0.241 e. The van der Waals surface area contributed by atoms with Crippen molar-refractivity contribution in [2.45, 2.75) is 47.9 Å². The summed E-state index contributed by atoms with van der Waals surface area (Å²) in [5, 5.41) is 0.297. The summed E-state index contributed by atoms with van der Waals surface area (Å²) in [6, 6.07) is 3.56. The van der Waals surface area contributed by atoms with Gasteiger partial charge in [-0.1, -0.05) is 11.6 Å². The number of benzene rings is 1. The molecule has 2 heterocycles. The number of nitrogens with one attached hydrogen (secondary N) is 1. The lowest BCUT2D eigenvalue weighted by Crippen LogP contribution is -2.50. The summed E-state index contributed by atoms with van der Waals surface area (Å²) < 4.78 is 40.1. The molecule has 2 aliphatic heterocycles. The summed E-state index contributed by atoms with van der Waals surface area (Å²) in [5.41, 5.74) is 0. The molecule has 1 N–H and O–H groups in total. The maximum Gasteiger partial charge on any atom is 0.241 e. The van der Waals surface area contributed by atoms with Gasteiger partial charge in [-0.15, -0.1) is 0 Å². The van der Waals surface area contributed by atoms with Crippen molar-refractivity contribution in [3.8, 4) is 0 Å². The van der Waals surface area contributed by atoms with Gasteiger partial charge in [0.2, 0.25) is 15.9 Å². The first kappa shape index (κ1) is 18.9. The Morgan fingerprint density at radius 3 is 2.56 bits per heavy atom. The van der Waals surface area contributed by atoms with E-state index in [0.29, 0.717) is 5.25 Å². The molecule has 3 rings (SSSR count). The molecule has 0 radical (unpaired) electrons. The zero-order valence-electron chi connectivity index (χ0n) is 13.7. The molecule has 25 heavy (non-hydrogen) atoms. The Morgan fingerprint density at radius 1 is 1.36 bits per heavy atom. The summed E-state index contributed by atoms with van der Waals surface area (Å²) in [6.45, 7) is -0.297. The number of amides is 1. The van der Waals surface area contributed by atoms with E-state index < -0.39 is 15.8 Å². The predicted molar refractivity (Wildman–Crippen MR) is 96.8 cm³/mol. The van der Waals surface area contributed by atoms with Crippen molar-refractivity contribution in [1.82, 2.24) is 9.62 Å². The van der Waals surface area contributed by atoms with Gasteiger partial charge in [-0.3, -0.25) is 4.79 Å². The fourth-order valence-corrected chi connectivity index (χ4v) is 5.78. The maximum absolute atomic E-state index is 13.2. The fraction of sp³-hybridized carbons (Fsp3) is 0.562. The van der Waals surface area contributed by atoms with Crippen molar-refractivity contribution in [1.29, 1.82) is 0 Å². The fourth-order valence-electron chi connectivity index (χ4n) is 3.70. The average Bonchev–Trinajstić information content (AvgIpc) is 2.85. The minimum atomic E-state index is -3.92. The first-order valence-corrected chi connectivity index (χ1v) is 11.3. The molecule has 2 atom stereocenters. The van der Waals surface area contributed by atoms with Crippen molar-refractivity contribution >= 4 is 39.3 Å². The molecule has 2 fully saturated rings. The van der Waals surface area contributed by atoms with Crippen molar-refractivity contribution in [3.63, 3.8) is 0 Å². The summed E-state index contributed by atoms with van der Waals surface area (Å²) in [4.78, 5) is 14.3. The lowest BCUT2D eigenvalue weighted by atomic mass is 10.0. The van der Waals surface area contributed by atoms with Crippen LogP contribution in [0.15, 0.2) is 23.1 Å². The highest BCUT2D eigenvalue weighted by atomic mass is 35.5. The first-order valence-electron chi connectivity index (χ1n) is 8.10. The number of halogens is 2. The van der Waals surface area contributed by atoms with Crippen LogP contribution in [0.3, 0.4) is 0 Å². The second kappa shape index (κ2) is 7.42. The summed E-state index contributed by atoms with van der Waals surface area (Å²) in [7, 11) is -3.92. The number of sulfonamides is 1. The molecule has 2 saturated heterocycles. The number of hydrogen-bond acceptors (Lipinski definition) is 4. The third-order valence-electron chi connectivity index (χ3n) is 4.93. The van der Waals surface area contributed by atoms with Crippen molar-refractivity contribution in [3.05, 3.63) is 29.0 Å². The van der Waals surface area contributed by atoms with Gasteiger partial charge in [-0.25, -0.2) is 17.5 Å². The standard InChI is InChI=1S/C16H20ClFN2O3S2/c1-24-12-6-10-2-3-11(7-12)20(10)16(21)9-19-25(22,23)13-4-5-15(18)14(17)8-13/h4-5,8,10-12,19H,2-3,6-7,9H2,1H3. The molecule has 138 valence electrons. The second-order valence-corrected chi connectivity index (χ2v) is 9.73. The highest BCUT2D eigenvalue weighted by Gasteiger charge is 2.42. The van der Waals surface area contributed by atoms with Gasteiger partial charge in [0.25, 0.3) is 0 Å². The number of carbonyl (C=O) groups excluding carboxylic acids is 1. The molecule has 0 aliphatic carbocycles. The van der Waals surface area contributed by atoms with Gasteiger partial charge >= 0.3 is 0 Å². The van der Waals surface area contributed by atoms with Crippen molar-refractivity contribution < 1.29 is 17.6 Å². The largest absolute Gasteiger partial charge is 0.336 e. The Kier molecular flexibility index (Phi) is 5.63. The first-order chi connectivity index (χ1) is 11.8. The molecule has 9 heteroatoms. The van der Waals surface area contributed by atoms with E-state index in [1.54, 1.807) is 0 Å². The van der Waals surface area contributed by atoms with Crippen LogP contribution in [0.2, 0.25) is 5.02 Å². The number of rotatable bonds is 5. The number of piperidine rings is 1. The molecule has 2 bridgehead atoms. The highest BCUT2D eigenvalue weighted by molar-refractivity contribution is 7.99. The van der Waals surface area contributed by atoms with Gasteiger partial charge in [0.05, 0.1) is 16.5 Å². The van der Waals surface area contributed by atoms with Gasteiger partial charge in [-0.2, -0.15) is 11.8 Å². The van der Waals surface area contributed by atoms with Crippen LogP contribution in [0.25, 0.3) is 0 Å². The zero-order valence-corrected chi connectivity index (χ0v) is 16.1. The average molecular weight is 407 g/mol. The quantitative estimate of drug-likeness (QED) is 0.816. The summed E-state index contributed by atoms with van der Waals surface area (Å²) in [6.07, 6.45) is 5.97. The predicted octanol–water partition coefficient (Wildman–Crippen LogP) is 2.64. The van der Waals surface area contributed by atoms with Crippen LogP contribution in [0.5, 0.6) is 0 Å². The van der Waals surface area contributed by atoms with Gasteiger partial charge in [0.15, 0.2) is 0 Å². The minimum absolute atomic E-state index is 0.157. The molecular weight excluding hydrogens is 387 g/mol. The molecule has 1 amide bonds. The van der Waals surface area contributed by atoms with E-state index in [2.05, 4.69) is 11.0 Å². The summed E-state index contributed by atoms with van der Waals surface area (Å²) in [5.74, 6) is -0.895. The Labute approximate surface area is 156 Å². The van der Waals surface area contributed by atoms with Crippen LogP contribution in [0, 0.1) is 5.82 Å². The van der Waals surface area contributed by atoms with E-state index in [-0.39, 0.29) is 34.5 Å². The van der Waals surface area contributed by atoms with E-state index in [0.717, 1.165) is 43.9 Å². The summed E-state index contributed by atoms with van der Waals surface area (Å²) >= 11 is 7.47. The van der Waals surface area contributed by atoms with Crippen LogP contribution in [0.1, 0.15) is 25.7 Å². The molecule has 1 aromatic carbocycles. The number of fused-ring (bicyclic) bond motifs is 2. The Bertz CT molecular complexity index is 761. The lowest BCUT2D eigenvalue weighted by molar-refractivity contribution is -0.134. The molecule has 0 spiro atoms. The third-order valence-corrected chi connectivity index (χ3v) is 7.67. The van der Waals surface area contributed by atoms with Crippen molar-refractivity contribution in [2.75, 3.05) is 12.8 Å². The van der Waals surface area contributed by atoms with Crippen LogP contribution in [-0.2, 0) is 14.8 Å². The highest BCUT2D eigenvalue weighted by Crippen LogP contribution is 2.39. The third kappa shape index (κ3) is 3.97. The molecular formula is C16H20ClFN2O3S2. The molecule has 0 aromatic heterocycles. The van der Waals surface area contributed by atoms with Gasteiger partial charge in [0.1, 0.15) is 5.82 Å². The van der Waals surface area contributed by atoms with Gasteiger partial charge in [-0.05, 0) is 50.1 Å². The number of carbonyl (C=O) groups is 1. The van der Waals surface area contributed by atoms with Crippen LogP contribution in [-0.4, -0.2) is 49.4 Å². The zero-order chi connectivity index (χ0) is 18.2. The van der Waals surface area contributed by atoms with E-state index in [4.69, 9.17) is 11.6 Å². The molecule has 0 saturated carbocycles. The Balaban J connectivity index is 1.65. The maximum atomic E-state index is 13.2. The molecule has 2 aliphatic rings. The van der Waals surface area contributed by atoms with E-state index in [9.17, 15) is 17.6 Å². The van der Waals surface area contributed by atoms with Crippen LogP contribution >= 0.6 is 23.4 Å². The molecule has 2 unspecified atom stereocenters. The topological polar surface area (TPSA) is 66.5 Å². The van der Waals surface area contributed by atoms with Gasteiger partial charge < -0.3 is 4.90 Å².